The molecule has 1 aromatic carbocycles. The summed E-state index contributed by atoms with van der Waals surface area (Å²) in [7, 11) is 0. The first-order valence-electron chi connectivity index (χ1n) is 5.29. The summed E-state index contributed by atoms with van der Waals surface area (Å²) in [4.78, 5) is 12.5. The highest BCUT2D eigenvalue weighted by Crippen LogP contribution is 2.11. The van der Waals surface area contributed by atoms with Crippen LogP contribution in [-0.4, -0.2) is 19.8 Å². The first-order valence-corrected chi connectivity index (χ1v) is 6.10. The van der Waals surface area contributed by atoms with E-state index in [2.05, 4.69) is 15.3 Å². The van der Waals surface area contributed by atoms with Crippen LogP contribution in [0.2, 0.25) is 0 Å². The first kappa shape index (κ1) is 10.8. The number of benzene rings is 1. The highest BCUT2D eigenvalue weighted by atomic mass is 32.1. The van der Waals surface area contributed by atoms with Gasteiger partial charge >= 0.3 is 0 Å². The van der Waals surface area contributed by atoms with E-state index in [9.17, 15) is 4.79 Å². The van der Waals surface area contributed by atoms with E-state index < -0.39 is 0 Å². The van der Waals surface area contributed by atoms with E-state index in [-0.39, 0.29) is 5.56 Å². The van der Waals surface area contributed by atoms with Crippen LogP contribution in [0, 0.1) is 0 Å². The van der Waals surface area contributed by atoms with E-state index in [1.54, 1.807) is 0 Å². The van der Waals surface area contributed by atoms with Crippen molar-refractivity contribution in [2.75, 3.05) is 5.73 Å². The molecule has 0 bridgehead atoms. The zero-order valence-electron chi connectivity index (χ0n) is 9.28. The van der Waals surface area contributed by atoms with Crippen LogP contribution < -0.4 is 11.3 Å². The lowest BCUT2D eigenvalue weighted by Crippen LogP contribution is -2.22. The highest BCUT2D eigenvalue weighted by molar-refractivity contribution is 7.20. The molecule has 0 saturated heterocycles. The molecule has 0 fully saturated rings. The minimum atomic E-state index is -0.267. The van der Waals surface area contributed by atoms with Crippen LogP contribution in [0.4, 0.5) is 5.13 Å². The standard InChI is InChI=1S/C11H9N5OS/c12-10-15-16-9(17)8(13-14-11(16)18-10)6-7-4-2-1-3-5-7/h1-5H,6H2,(H2,12,15). The summed E-state index contributed by atoms with van der Waals surface area (Å²) in [5, 5.41) is 12.1. The Labute approximate surface area is 106 Å². The molecule has 18 heavy (non-hydrogen) atoms. The van der Waals surface area contributed by atoms with Crippen molar-refractivity contribution >= 4 is 21.4 Å². The van der Waals surface area contributed by atoms with Crippen LogP contribution in [0.3, 0.4) is 0 Å². The molecule has 3 rings (SSSR count). The van der Waals surface area contributed by atoms with E-state index in [0.717, 1.165) is 16.9 Å². The predicted molar refractivity (Wildman–Crippen MR) is 68.6 cm³/mol. The van der Waals surface area contributed by atoms with Crippen LogP contribution in [0.5, 0.6) is 0 Å². The lowest BCUT2D eigenvalue weighted by Gasteiger charge is -1.99. The quantitative estimate of drug-likeness (QED) is 0.732. The number of aromatic nitrogens is 4. The minimum Gasteiger partial charge on any atom is -0.374 e. The maximum atomic E-state index is 12.1. The molecule has 0 aliphatic heterocycles. The Morgan fingerprint density at radius 1 is 1.22 bits per heavy atom. The fourth-order valence-corrected chi connectivity index (χ4v) is 2.26. The number of fused-ring (bicyclic) bond motifs is 1. The normalized spacial score (nSPS) is 10.9. The number of nitrogens with two attached hydrogens (primary N) is 1. The highest BCUT2D eigenvalue weighted by Gasteiger charge is 2.10. The fraction of sp³-hybridized carbons (Fsp3) is 0.0909. The molecular formula is C11H9N5OS. The number of hydrogen-bond donors (Lipinski definition) is 1. The minimum absolute atomic E-state index is 0.267. The number of nitrogens with zero attached hydrogens (tertiary/aromatic N) is 4. The Morgan fingerprint density at radius 2 is 2.00 bits per heavy atom. The molecule has 0 aliphatic carbocycles. The third-order valence-corrected chi connectivity index (χ3v) is 3.21. The second-order valence-corrected chi connectivity index (χ2v) is 4.74. The summed E-state index contributed by atoms with van der Waals surface area (Å²) in [5.41, 5.74) is 6.65. The molecule has 0 amide bonds. The first-order chi connectivity index (χ1) is 8.74. The van der Waals surface area contributed by atoms with Gasteiger partial charge in [-0.05, 0) is 5.56 Å². The van der Waals surface area contributed by atoms with Gasteiger partial charge in [0.15, 0.2) is 0 Å². The Balaban J connectivity index is 2.08. The molecule has 7 heteroatoms. The predicted octanol–water partition coefficient (Wildman–Crippen LogP) is 0.719. The molecule has 0 unspecified atom stereocenters. The smallest absolute Gasteiger partial charge is 0.297 e. The number of anilines is 1. The Hall–Kier alpha value is -2.28. The Kier molecular flexibility index (Phi) is 2.52. The van der Waals surface area contributed by atoms with Crippen molar-refractivity contribution in [3.63, 3.8) is 0 Å². The average molecular weight is 259 g/mol. The zero-order valence-corrected chi connectivity index (χ0v) is 10.1. The summed E-state index contributed by atoms with van der Waals surface area (Å²) in [5.74, 6) is 0. The van der Waals surface area contributed by atoms with Crippen LogP contribution in [0.1, 0.15) is 11.3 Å². The fourth-order valence-electron chi connectivity index (χ4n) is 1.66. The maximum absolute atomic E-state index is 12.1. The van der Waals surface area contributed by atoms with Crippen molar-refractivity contribution in [1.82, 2.24) is 19.8 Å². The van der Waals surface area contributed by atoms with Gasteiger partial charge in [0.25, 0.3) is 5.56 Å². The maximum Gasteiger partial charge on any atom is 0.297 e. The summed E-state index contributed by atoms with van der Waals surface area (Å²) in [6.07, 6.45) is 0.438. The molecule has 2 heterocycles. The van der Waals surface area contributed by atoms with Gasteiger partial charge in [-0.2, -0.15) is 4.52 Å². The Bertz CT molecular complexity index is 749. The third-order valence-electron chi connectivity index (χ3n) is 2.49. The van der Waals surface area contributed by atoms with Crippen molar-refractivity contribution in [3.8, 4) is 0 Å². The molecule has 0 spiro atoms. The Morgan fingerprint density at radius 3 is 2.78 bits per heavy atom. The molecule has 3 aromatic rings. The lowest BCUT2D eigenvalue weighted by molar-refractivity contribution is 0.811. The molecular weight excluding hydrogens is 250 g/mol. The van der Waals surface area contributed by atoms with Crippen LogP contribution in [-0.2, 0) is 6.42 Å². The van der Waals surface area contributed by atoms with Crippen LogP contribution >= 0.6 is 11.3 Å². The van der Waals surface area contributed by atoms with E-state index in [1.165, 1.54) is 4.52 Å². The monoisotopic (exact) mass is 259 g/mol. The molecule has 0 atom stereocenters. The van der Waals surface area contributed by atoms with Crippen molar-refractivity contribution in [3.05, 3.63) is 51.9 Å². The van der Waals surface area contributed by atoms with Gasteiger partial charge in [-0.3, -0.25) is 4.79 Å². The van der Waals surface area contributed by atoms with Crippen molar-refractivity contribution in [1.29, 1.82) is 0 Å². The number of hydrogen-bond acceptors (Lipinski definition) is 6. The third kappa shape index (κ3) is 1.84. The van der Waals surface area contributed by atoms with Gasteiger partial charge < -0.3 is 5.73 Å². The summed E-state index contributed by atoms with van der Waals surface area (Å²) in [6.45, 7) is 0. The molecule has 2 aromatic heterocycles. The molecule has 0 saturated carbocycles. The van der Waals surface area contributed by atoms with E-state index >= 15 is 0 Å². The number of rotatable bonds is 2. The van der Waals surface area contributed by atoms with Crippen molar-refractivity contribution in [2.24, 2.45) is 0 Å². The molecule has 6 nitrogen and oxygen atoms in total. The van der Waals surface area contributed by atoms with Crippen molar-refractivity contribution < 1.29 is 0 Å². The number of nitrogen functional groups attached to an aromatic ring is 1. The van der Waals surface area contributed by atoms with Crippen LogP contribution in [0.25, 0.3) is 4.96 Å². The zero-order chi connectivity index (χ0) is 12.5. The van der Waals surface area contributed by atoms with E-state index in [4.69, 9.17) is 5.73 Å². The molecule has 2 N–H and O–H groups in total. The van der Waals surface area contributed by atoms with Gasteiger partial charge in [-0.15, -0.1) is 15.3 Å². The molecule has 90 valence electrons. The summed E-state index contributed by atoms with van der Waals surface area (Å²) in [6, 6.07) is 9.63. The molecule has 0 radical (unpaired) electrons. The summed E-state index contributed by atoms with van der Waals surface area (Å²) >= 11 is 1.14. The van der Waals surface area contributed by atoms with Gasteiger partial charge in [0, 0.05) is 6.42 Å². The average Bonchev–Trinajstić information content (AvgIpc) is 2.76. The van der Waals surface area contributed by atoms with Gasteiger partial charge in [0.2, 0.25) is 10.1 Å². The van der Waals surface area contributed by atoms with E-state index in [1.807, 2.05) is 30.3 Å². The van der Waals surface area contributed by atoms with E-state index in [0.29, 0.717) is 22.2 Å². The summed E-state index contributed by atoms with van der Waals surface area (Å²) < 4.78 is 1.20. The molecule has 0 aliphatic rings. The van der Waals surface area contributed by atoms with Gasteiger partial charge in [-0.25, -0.2) is 0 Å². The lowest BCUT2D eigenvalue weighted by atomic mass is 10.1. The second-order valence-electron chi connectivity index (χ2n) is 3.75. The van der Waals surface area contributed by atoms with Gasteiger partial charge in [-0.1, -0.05) is 41.7 Å². The largest absolute Gasteiger partial charge is 0.374 e. The second kappa shape index (κ2) is 4.19. The topological polar surface area (TPSA) is 86.2 Å². The van der Waals surface area contributed by atoms with Gasteiger partial charge in [0.1, 0.15) is 5.69 Å². The van der Waals surface area contributed by atoms with Gasteiger partial charge in [0.05, 0.1) is 0 Å². The van der Waals surface area contributed by atoms with Crippen molar-refractivity contribution in [2.45, 2.75) is 6.42 Å². The SMILES string of the molecule is Nc1nn2c(=O)c(Cc3ccccc3)nnc2s1. The van der Waals surface area contributed by atoms with Crippen LogP contribution in [0.15, 0.2) is 35.1 Å².